The maximum atomic E-state index is 14.8. The number of amides is 8. The molecular weight excluding hydrogens is 1010 g/mol. The zero-order valence-electron chi connectivity index (χ0n) is 44.6. The number of aromatic amines is 1. The predicted octanol–water partition coefficient (Wildman–Crippen LogP) is -0.417. The maximum absolute atomic E-state index is 14.8. The summed E-state index contributed by atoms with van der Waals surface area (Å²) in [6, 6.07) is 7.39. The van der Waals surface area contributed by atoms with Crippen LogP contribution in [0.25, 0.3) is 0 Å². The number of hydrogen-bond acceptors (Lipinski definition) is 13. The number of nitrogens with two attached hydrogens (primary N) is 2. The van der Waals surface area contributed by atoms with E-state index < -0.39 is 101 Å². The van der Waals surface area contributed by atoms with Crippen molar-refractivity contribution in [1.82, 2.24) is 57.4 Å². The number of guanidine groups is 1. The Kier molecular flexibility index (Phi) is 25.4. The summed E-state index contributed by atoms with van der Waals surface area (Å²) in [5.74, 6) is -6.95. The van der Waals surface area contributed by atoms with Crippen LogP contribution >= 0.6 is 11.8 Å². The van der Waals surface area contributed by atoms with Gasteiger partial charge in [0.2, 0.25) is 47.3 Å². The molecule has 0 unspecified atom stereocenters. The first kappa shape index (κ1) is 62.0. The molecule has 24 nitrogen and oxygen atoms in total. The second-order valence-electron chi connectivity index (χ2n) is 19.3. The summed E-state index contributed by atoms with van der Waals surface area (Å²) in [5, 5.41) is 32.0. The van der Waals surface area contributed by atoms with Crippen molar-refractivity contribution in [1.29, 1.82) is 0 Å². The van der Waals surface area contributed by atoms with Gasteiger partial charge in [-0.3, -0.25) is 43.3 Å². The van der Waals surface area contributed by atoms with Gasteiger partial charge in [-0.2, -0.15) is 0 Å². The van der Waals surface area contributed by atoms with Crippen molar-refractivity contribution in [2.24, 2.45) is 28.3 Å². The van der Waals surface area contributed by atoms with Gasteiger partial charge in [0.1, 0.15) is 42.3 Å². The van der Waals surface area contributed by atoms with Gasteiger partial charge in [0, 0.05) is 56.1 Å². The van der Waals surface area contributed by atoms with E-state index in [1.807, 2.05) is 6.92 Å². The molecule has 0 bridgehead atoms. The second kappa shape index (κ2) is 31.5. The number of nitrogens with zero attached hydrogens (tertiary/aromatic N) is 3. The number of carboxylic acid groups (broad SMARTS) is 1. The van der Waals surface area contributed by atoms with Crippen molar-refractivity contribution in [3.05, 3.63) is 83.9 Å². The van der Waals surface area contributed by atoms with Gasteiger partial charge in [0.15, 0.2) is 5.96 Å². The van der Waals surface area contributed by atoms with Crippen molar-refractivity contribution in [3.63, 3.8) is 0 Å². The number of rotatable bonds is 31. The number of thioether (sulfide) groups is 1. The first-order valence-corrected chi connectivity index (χ1v) is 26.7. The molecule has 1 saturated heterocycles. The molecule has 25 heteroatoms. The lowest BCUT2D eigenvalue weighted by Crippen LogP contribution is -2.62. The zero-order valence-corrected chi connectivity index (χ0v) is 45.4. The predicted molar refractivity (Wildman–Crippen MR) is 289 cm³/mol. The summed E-state index contributed by atoms with van der Waals surface area (Å²) in [7, 11) is 1.57. The maximum Gasteiger partial charge on any atom is 0.326 e. The first-order valence-electron chi connectivity index (χ1n) is 25.7. The van der Waals surface area contributed by atoms with Crippen LogP contribution in [-0.2, 0) is 62.4 Å². The number of likely N-dealkylation sites (N-methyl/N-ethyl adjacent to an activating group) is 1. The number of benzene rings is 2. The highest BCUT2D eigenvalue weighted by Crippen LogP contribution is 2.22. The molecule has 1 aliphatic heterocycles. The summed E-state index contributed by atoms with van der Waals surface area (Å²) in [6.45, 7) is 8.60. The van der Waals surface area contributed by atoms with Crippen molar-refractivity contribution in [2.45, 2.75) is 133 Å². The van der Waals surface area contributed by atoms with E-state index in [0.29, 0.717) is 42.0 Å². The number of aromatic nitrogens is 2. The fraction of sp³-hybridized carbons (Fsp3) is 0.519. The number of likely N-dealkylation sites (tertiary alicyclic amines) is 1. The van der Waals surface area contributed by atoms with Gasteiger partial charge >= 0.3 is 5.97 Å². The van der Waals surface area contributed by atoms with Gasteiger partial charge < -0.3 is 69.0 Å². The van der Waals surface area contributed by atoms with Crippen molar-refractivity contribution in [2.75, 3.05) is 32.6 Å². The minimum absolute atomic E-state index is 0.0121. The molecule has 1 aliphatic rings. The molecule has 8 amide bonds. The van der Waals surface area contributed by atoms with Gasteiger partial charge in [-0.05, 0) is 67.8 Å². The Bertz CT molecular complexity index is 2480. The molecule has 0 aliphatic carbocycles. The quantitative estimate of drug-likeness (QED) is 0.0128. The van der Waals surface area contributed by atoms with Crippen LogP contribution in [0.3, 0.4) is 0 Å². The molecule has 2 aromatic carbocycles. The number of carbonyl (C=O) groups excluding carboxylic acids is 8. The lowest BCUT2D eigenvalue weighted by Gasteiger charge is -2.32. The van der Waals surface area contributed by atoms with Crippen LogP contribution in [0, 0.1) is 11.8 Å². The zero-order chi connectivity index (χ0) is 56.6. The van der Waals surface area contributed by atoms with E-state index in [0.717, 1.165) is 4.90 Å². The highest BCUT2D eigenvalue weighted by molar-refractivity contribution is 7.99. The minimum atomic E-state index is -1.34. The lowest BCUT2D eigenvalue weighted by molar-refractivity contribution is -0.145. The van der Waals surface area contributed by atoms with Crippen LogP contribution in [0.4, 0.5) is 0 Å². The number of imidazole rings is 1. The van der Waals surface area contributed by atoms with E-state index in [1.165, 1.54) is 36.1 Å². The third-order valence-corrected chi connectivity index (χ3v) is 13.8. The first-order chi connectivity index (χ1) is 36.7. The molecule has 8 atom stereocenters. The molecule has 0 saturated carbocycles. The molecule has 420 valence electrons. The molecular formula is C52H76N14O10S. The fourth-order valence-corrected chi connectivity index (χ4v) is 9.24. The van der Waals surface area contributed by atoms with E-state index >= 15 is 0 Å². The number of aliphatic carboxylic acids is 1. The molecule has 1 fully saturated rings. The topological polar surface area (TPSA) is 366 Å². The number of nitrogens with one attached hydrogen (secondary N) is 9. The summed E-state index contributed by atoms with van der Waals surface area (Å²) in [5.41, 5.74) is 12.7. The Hall–Kier alpha value is -7.54. The van der Waals surface area contributed by atoms with E-state index in [9.17, 15) is 48.3 Å². The summed E-state index contributed by atoms with van der Waals surface area (Å²) >= 11 is 1.37. The Morgan fingerprint density at radius 3 is 2.04 bits per heavy atom. The molecule has 0 spiro atoms. The standard InChI is InChI=1S/C52H76N14O10S/c1-7-31(4)44(49(73)62-39(25-35-26-56-28-58-35)50(74)66-22-12-16-41(66)47(71)63-40(51(75)76)24-33-13-9-8-10-14-33)65-46(70)38(23-34-17-19-36(20-18-34)77-29-59-32(5)67)61-48(72)43(30(2)3)64-45(69)37(60-42(68)27-55-6)15-11-21-57-52(53)54/h8-10,13-14,17-20,26,28,30-31,37-41,43-44,55H,7,11-12,15-16,21-25,27,29H2,1-6H3,(H,56,58)(H,59,67)(H,60,68)(H,61,72)(H,62,73)(H,63,71)(H,64,69)(H,65,70)(H,75,76)(H4,53,54,57)/t31-,37-,38-,39-,40-,41-,43-,44-/m0/s1. The highest BCUT2D eigenvalue weighted by Gasteiger charge is 2.41. The SMILES string of the molecule is CC[C@H](C)[C@H](NC(=O)[C@H](Cc1ccc(SCNC(C)=O)cc1)NC(=O)[C@@H](NC(=O)[C@H](CCCN=C(N)N)NC(=O)CNC)C(C)C)C(=O)N[C@@H](Cc1cnc[nH]1)C(=O)N1CCC[C@H]1C(=O)N[C@@H](Cc1ccccc1)C(=O)O. The van der Waals surface area contributed by atoms with E-state index in [-0.39, 0.29) is 63.6 Å². The second-order valence-corrected chi connectivity index (χ2v) is 20.3. The largest absolute Gasteiger partial charge is 0.480 e. The van der Waals surface area contributed by atoms with Gasteiger partial charge in [-0.25, -0.2) is 9.78 Å². The number of aliphatic imine (C=N–C) groups is 1. The lowest BCUT2D eigenvalue weighted by atomic mass is 9.96. The van der Waals surface area contributed by atoms with Crippen LogP contribution in [-0.4, -0.2) is 154 Å². The Balaban J connectivity index is 1.62. The molecule has 77 heavy (non-hydrogen) atoms. The van der Waals surface area contributed by atoms with E-state index in [2.05, 4.69) is 57.5 Å². The Morgan fingerprint density at radius 2 is 1.43 bits per heavy atom. The molecule has 0 radical (unpaired) electrons. The normalized spacial score (nSPS) is 15.8. The van der Waals surface area contributed by atoms with E-state index in [1.54, 1.807) is 82.4 Å². The third kappa shape index (κ3) is 20.5. The number of H-pyrrole nitrogens is 1. The molecule has 4 rings (SSSR count). The third-order valence-electron chi connectivity index (χ3n) is 12.9. The molecule has 1 aromatic heterocycles. The van der Waals surface area contributed by atoms with Gasteiger partial charge in [-0.15, -0.1) is 11.8 Å². The van der Waals surface area contributed by atoms with Crippen molar-refractivity contribution >= 4 is 70.9 Å². The summed E-state index contributed by atoms with van der Waals surface area (Å²) < 4.78 is 0. The van der Waals surface area contributed by atoms with Crippen LogP contribution in [0.15, 0.2) is 77.0 Å². The average Bonchev–Trinajstić information content (AvgIpc) is 4.11. The van der Waals surface area contributed by atoms with Crippen LogP contribution < -0.4 is 54.0 Å². The van der Waals surface area contributed by atoms with Gasteiger partial charge in [0.25, 0.3) is 0 Å². The summed E-state index contributed by atoms with van der Waals surface area (Å²) in [6.07, 6.45) is 4.23. The number of carbonyl (C=O) groups is 9. The van der Waals surface area contributed by atoms with Crippen LogP contribution in [0.2, 0.25) is 0 Å². The molecule has 3 aromatic rings. The van der Waals surface area contributed by atoms with Crippen molar-refractivity contribution in [3.8, 4) is 0 Å². The minimum Gasteiger partial charge on any atom is -0.480 e. The van der Waals surface area contributed by atoms with Crippen molar-refractivity contribution < 1.29 is 48.3 Å². The molecule has 14 N–H and O–H groups in total. The van der Waals surface area contributed by atoms with Gasteiger partial charge in [-0.1, -0.05) is 76.6 Å². The average molecular weight is 1090 g/mol. The smallest absolute Gasteiger partial charge is 0.326 e. The van der Waals surface area contributed by atoms with E-state index in [4.69, 9.17) is 11.5 Å². The summed E-state index contributed by atoms with van der Waals surface area (Å²) in [4.78, 5) is 136. The highest BCUT2D eigenvalue weighted by atomic mass is 32.2. The Morgan fingerprint density at radius 1 is 0.792 bits per heavy atom. The fourth-order valence-electron chi connectivity index (χ4n) is 8.47. The van der Waals surface area contributed by atoms with Crippen LogP contribution in [0.5, 0.6) is 0 Å². The monoisotopic (exact) mass is 1090 g/mol. The number of carboxylic acids is 1. The Labute approximate surface area is 453 Å². The van der Waals surface area contributed by atoms with Crippen LogP contribution in [0.1, 0.15) is 83.5 Å². The van der Waals surface area contributed by atoms with Gasteiger partial charge in [0.05, 0.1) is 18.7 Å². The number of hydrogen-bond donors (Lipinski definition) is 12. The molecule has 2 heterocycles.